The van der Waals surface area contributed by atoms with Gasteiger partial charge in [-0.15, -0.1) is 0 Å². The molecule has 2 aromatic rings. The molecule has 0 unspecified atom stereocenters. The van der Waals surface area contributed by atoms with Crippen LogP contribution in [0.1, 0.15) is 11.1 Å². The van der Waals surface area contributed by atoms with Crippen molar-refractivity contribution in [3.05, 3.63) is 70.8 Å². The molecule has 7 nitrogen and oxygen atoms in total. The maximum Gasteiger partial charge on any atom is 0.331 e. The van der Waals surface area contributed by atoms with E-state index < -0.39 is 24.4 Å². The van der Waals surface area contributed by atoms with Crippen molar-refractivity contribution in [1.82, 2.24) is 10.9 Å². The van der Waals surface area contributed by atoms with Crippen molar-refractivity contribution in [3.63, 3.8) is 0 Å². The molecule has 0 aliphatic carbocycles. The van der Waals surface area contributed by atoms with Crippen molar-refractivity contribution in [2.45, 2.75) is 6.92 Å². The Morgan fingerprint density at radius 2 is 1.54 bits per heavy atom. The molecule has 0 aliphatic rings. The molecule has 0 saturated heterocycles. The lowest BCUT2D eigenvalue weighted by Gasteiger charge is -2.08. The number of hydrogen-bond donors (Lipinski definition) is 2. The SMILES string of the molecule is Cc1ccc(/C=C/C(=O)OCC(=O)NNC(=O)COc2ccc(Cl)cc2)cc1. The lowest BCUT2D eigenvalue weighted by Crippen LogP contribution is -2.45. The number of benzene rings is 2. The zero-order chi connectivity index (χ0) is 20.4. The summed E-state index contributed by atoms with van der Waals surface area (Å²) in [6, 6.07) is 14.0. The molecule has 8 heteroatoms. The number of esters is 1. The van der Waals surface area contributed by atoms with Crippen molar-refractivity contribution in [1.29, 1.82) is 0 Å². The third-order valence-corrected chi connectivity index (χ3v) is 3.61. The van der Waals surface area contributed by atoms with Gasteiger partial charge in [-0.05, 0) is 42.8 Å². The van der Waals surface area contributed by atoms with E-state index in [1.165, 1.54) is 6.08 Å². The molecule has 2 aromatic carbocycles. The minimum absolute atomic E-state index is 0.305. The van der Waals surface area contributed by atoms with E-state index in [0.29, 0.717) is 10.8 Å². The van der Waals surface area contributed by atoms with Crippen molar-refractivity contribution >= 4 is 35.5 Å². The lowest BCUT2D eigenvalue weighted by molar-refractivity contribution is -0.144. The van der Waals surface area contributed by atoms with Gasteiger partial charge in [0.25, 0.3) is 11.8 Å². The van der Waals surface area contributed by atoms with Gasteiger partial charge in [-0.3, -0.25) is 20.4 Å². The number of rotatable bonds is 7. The van der Waals surface area contributed by atoms with Crippen LogP contribution in [0.4, 0.5) is 0 Å². The van der Waals surface area contributed by atoms with Crippen LogP contribution in [0, 0.1) is 6.92 Å². The molecule has 2 N–H and O–H groups in total. The number of nitrogens with one attached hydrogen (secondary N) is 2. The van der Waals surface area contributed by atoms with Gasteiger partial charge in [-0.2, -0.15) is 0 Å². The molecule has 0 saturated carbocycles. The lowest BCUT2D eigenvalue weighted by atomic mass is 10.1. The zero-order valence-corrected chi connectivity index (χ0v) is 15.9. The average molecular weight is 403 g/mol. The van der Waals surface area contributed by atoms with E-state index in [1.807, 2.05) is 31.2 Å². The molecule has 0 atom stereocenters. The molecule has 0 heterocycles. The molecule has 28 heavy (non-hydrogen) atoms. The quantitative estimate of drug-likeness (QED) is 0.421. The van der Waals surface area contributed by atoms with Gasteiger partial charge in [-0.1, -0.05) is 41.4 Å². The fourth-order valence-corrected chi connectivity index (χ4v) is 2.04. The van der Waals surface area contributed by atoms with Crippen LogP contribution in [-0.2, 0) is 19.1 Å². The Bertz CT molecular complexity index is 848. The number of hydrazine groups is 1. The number of carbonyl (C=O) groups is 3. The summed E-state index contributed by atoms with van der Waals surface area (Å²) in [6.45, 7) is 1.12. The van der Waals surface area contributed by atoms with E-state index in [0.717, 1.165) is 11.1 Å². The summed E-state index contributed by atoms with van der Waals surface area (Å²) in [7, 11) is 0. The Kier molecular flexibility index (Phi) is 8.05. The molecular weight excluding hydrogens is 384 g/mol. The highest BCUT2D eigenvalue weighted by Crippen LogP contribution is 2.15. The topological polar surface area (TPSA) is 93.7 Å². The third-order valence-electron chi connectivity index (χ3n) is 3.36. The predicted octanol–water partition coefficient (Wildman–Crippen LogP) is 2.43. The second-order valence-electron chi connectivity index (χ2n) is 5.69. The van der Waals surface area contributed by atoms with Crippen LogP contribution in [0.25, 0.3) is 6.08 Å². The minimum Gasteiger partial charge on any atom is -0.484 e. The molecule has 2 rings (SSSR count). The van der Waals surface area contributed by atoms with Crippen molar-refractivity contribution in [2.24, 2.45) is 0 Å². The zero-order valence-electron chi connectivity index (χ0n) is 15.1. The molecule has 2 amide bonds. The van der Waals surface area contributed by atoms with E-state index in [4.69, 9.17) is 21.1 Å². The minimum atomic E-state index is -0.683. The first kappa shape index (κ1) is 21.0. The molecule has 0 aromatic heterocycles. The summed E-state index contributed by atoms with van der Waals surface area (Å²) in [6.07, 6.45) is 2.80. The number of aryl methyl sites for hydroxylation is 1. The Morgan fingerprint density at radius 3 is 2.18 bits per heavy atom. The van der Waals surface area contributed by atoms with Gasteiger partial charge in [0.1, 0.15) is 5.75 Å². The summed E-state index contributed by atoms with van der Waals surface area (Å²) < 4.78 is 10.0. The first-order valence-electron chi connectivity index (χ1n) is 8.30. The van der Waals surface area contributed by atoms with Crippen molar-refractivity contribution in [3.8, 4) is 5.75 Å². The summed E-state index contributed by atoms with van der Waals surface area (Å²) >= 11 is 5.75. The van der Waals surface area contributed by atoms with Crippen LogP contribution in [-0.4, -0.2) is 31.0 Å². The number of carbonyl (C=O) groups excluding carboxylic acids is 3. The smallest absolute Gasteiger partial charge is 0.331 e. The normalized spacial score (nSPS) is 10.4. The highest BCUT2D eigenvalue weighted by Gasteiger charge is 2.08. The summed E-state index contributed by atoms with van der Waals surface area (Å²) in [4.78, 5) is 34.8. The molecule has 146 valence electrons. The summed E-state index contributed by atoms with van der Waals surface area (Å²) in [5.41, 5.74) is 6.22. The molecule has 0 fully saturated rings. The number of amides is 2. The second kappa shape index (κ2) is 10.7. The van der Waals surface area contributed by atoms with Crippen LogP contribution in [0.2, 0.25) is 5.02 Å². The maximum atomic E-state index is 11.6. The summed E-state index contributed by atoms with van der Waals surface area (Å²) in [5, 5.41) is 0.548. The predicted molar refractivity (Wildman–Crippen MR) is 104 cm³/mol. The molecule has 0 aliphatic heterocycles. The molecule has 0 radical (unpaired) electrons. The van der Waals surface area contributed by atoms with E-state index in [1.54, 1.807) is 30.3 Å². The highest BCUT2D eigenvalue weighted by molar-refractivity contribution is 6.30. The van der Waals surface area contributed by atoms with E-state index in [9.17, 15) is 14.4 Å². The highest BCUT2D eigenvalue weighted by atomic mass is 35.5. The monoisotopic (exact) mass is 402 g/mol. The molecule has 0 bridgehead atoms. The first-order valence-corrected chi connectivity index (χ1v) is 8.68. The third kappa shape index (κ3) is 7.92. The largest absolute Gasteiger partial charge is 0.484 e. The Hall–Kier alpha value is -3.32. The Labute approximate surface area is 167 Å². The number of halogens is 1. The number of hydrogen-bond acceptors (Lipinski definition) is 5. The Balaban J connectivity index is 1.63. The van der Waals surface area contributed by atoms with Gasteiger partial charge in [-0.25, -0.2) is 4.79 Å². The average Bonchev–Trinajstić information content (AvgIpc) is 2.69. The van der Waals surface area contributed by atoms with Gasteiger partial charge in [0.05, 0.1) is 0 Å². The van der Waals surface area contributed by atoms with Crippen LogP contribution in [0.15, 0.2) is 54.6 Å². The molecular formula is C20H19ClN2O5. The Morgan fingerprint density at radius 1 is 0.929 bits per heavy atom. The van der Waals surface area contributed by atoms with E-state index >= 15 is 0 Å². The van der Waals surface area contributed by atoms with Crippen LogP contribution >= 0.6 is 11.6 Å². The van der Waals surface area contributed by atoms with Gasteiger partial charge in [0, 0.05) is 11.1 Å². The van der Waals surface area contributed by atoms with Gasteiger partial charge in [0.15, 0.2) is 13.2 Å². The fraction of sp³-hybridized carbons (Fsp3) is 0.150. The second-order valence-corrected chi connectivity index (χ2v) is 6.13. The van der Waals surface area contributed by atoms with Crippen LogP contribution in [0.3, 0.4) is 0 Å². The van der Waals surface area contributed by atoms with E-state index in [-0.39, 0.29) is 6.61 Å². The number of ether oxygens (including phenoxy) is 2. The summed E-state index contributed by atoms with van der Waals surface area (Å²) in [5.74, 6) is -1.47. The van der Waals surface area contributed by atoms with Crippen LogP contribution in [0.5, 0.6) is 5.75 Å². The maximum absolute atomic E-state index is 11.6. The first-order chi connectivity index (χ1) is 13.4. The van der Waals surface area contributed by atoms with Crippen LogP contribution < -0.4 is 15.6 Å². The van der Waals surface area contributed by atoms with Gasteiger partial charge >= 0.3 is 5.97 Å². The fourth-order valence-electron chi connectivity index (χ4n) is 1.92. The van der Waals surface area contributed by atoms with Gasteiger partial charge < -0.3 is 9.47 Å². The van der Waals surface area contributed by atoms with Crippen molar-refractivity contribution < 1.29 is 23.9 Å². The van der Waals surface area contributed by atoms with Gasteiger partial charge in [0.2, 0.25) is 0 Å². The van der Waals surface area contributed by atoms with Crippen molar-refractivity contribution in [2.75, 3.05) is 13.2 Å². The van der Waals surface area contributed by atoms with E-state index in [2.05, 4.69) is 10.9 Å². The standard InChI is InChI=1S/C20H19ClN2O5/c1-14-2-4-15(5-3-14)6-11-20(26)28-13-19(25)23-22-18(24)12-27-17-9-7-16(21)8-10-17/h2-11H,12-13H2,1H3,(H,22,24)(H,23,25)/b11-6+. The molecule has 0 spiro atoms.